The molecule has 0 atom stereocenters. The Bertz CT molecular complexity index is 79.0. The first-order valence-corrected chi connectivity index (χ1v) is 3.24. The van der Waals surface area contributed by atoms with Gasteiger partial charge in [-0.05, 0) is 12.8 Å². The van der Waals surface area contributed by atoms with Crippen LogP contribution in [0.3, 0.4) is 0 Å². The van der Waals surface area contributed by atoms with Crippen LogP contribution in [0.4, 0.5) is 0 Å². The smallest absolute Gasteiger partial charge is 0.306 e. The highest BCUT2D eigenvalue weighted by molar-refractivity contribution is 5.70. The van der Waals surface area contributed by atoms with Crippen molar-refractivity contribution < 1.29 is 9.53 Å². The molecule has 0 aromatic heterocycles. The molecule has 0 unspecified atom stereocenters. The van der Waals surface area contributed by atoms with Crippen molar-refractivity contribution in [1.29, 1.82) is 0 Å². The maximum Gasteiger partial charge on any atom is 0.306 e. The van der Waals surface area contributed by atoms with E-state index in [4.69, 9.17) is 4.74 Å². The predicted octanol–water partition coefficient (Wildman–Crippen LogP) is 1.55. The van der Waals surface area contributed by atoms with Gasteiger partial charge in [0.05, 0.1) is 6.61 Å². The van der Waals surface area contributed by atoms with E-state index >= 15 is 0 Å². The molecule has 0 amide bonds. The summed E-state index contributed by atoms with van der Waals surface area (Å²) in [6, 6.07) is 0. The lowest BCUT2D eigenvalue weighted by Gasteiger charge is -1.98. The molecule has 53 valence electrons. The van der Waals surface area contributed by atoms with E-state index in [0.29, 0.717) is 13.0 Å². The number of carbonyl (C=O) groups is 1. The largest absolute Gasteiger partial charge is 0.466 e. The van der Waals surface area contributed by atoms with Gasteiger partial charge in [-0.15, -0.1) is 0 Å². The molecule has 2 nitrogen and oxygen atoms in total. The van der Waals surface area contributed by atoms with Crippen molar-refractivity contribution in [2.24, 2.45) is 0 Å². The summed E-state index contributed by atoms with van der Waals surface area (Å²) in [5.41, 5.74) is 0. The van der Waals surface area contributed by atoms with Crippen LogP contribution < -0.4 is 0 Å². The summed E-state index contributed by atoms with van der Waals surface area (Å²) in [6.07, 6.45) is 3.12. The average molecular weight is 129 g/mol. The van der Waals surface area contributed by atoms with Gasteiger partial charge in [0.15, 0.2) is 0 Å². The normalized spacial score (nSPS) is 9.11. The van der Waals surface area contributed by atoms with E-state index in [1.807, 2.05) is 13.8 Å². The number of esters is 1. The Labute approximate surface area is 56.2 Å². The van der Waals surface area contributed by atoms with Crippen molar-refractivity contribution in [3.8, 4) is 0 Å². The van der Waals surface area contributed by atoms with Gasteiger partial charge in [-0.1, -0.05) is 13.8 Å². The molecule has 0 aliphatic rings. The topological polar surface area (TPSA) is 26.3 Å². The molecule has 0 aromatic carbocycles. The lowest BCUT2D eigenvalue weighted by molar-refractivity contribution is -0.142. The maximum absolute atomic E-state index is 10.5. The standard InChI is InChI=1S/C7H13O2/c1-3-5-7(8)9-6-4-2/h3H,4-6H2,1-2H3. The average Bonchev–Trinajstić information content (AvgIpc) is 1.85. The molecular formula is C7H13O2. The Morgan fingerprint density at radius 3 is 2.78 bits per heavy atom. The van der Waals surface area contributed by atoms with E-state index in [9.17, 15) is 4.79 Å². The summed E-state index contributed by atoms with van der Waals surface area (Å²) in [4.78, 5) is 10.5. The zero-order valence-electron chi connectivity index (χ0n) is 6.02. The third kappa shape index (κ3) is 5.34. The van der Waals surface area contributed by atoms with Gasteiger partial charge in [0.2, 0.25) is 0 Å². The first-order chi connectivity index (χ1) is 4.31. The second-order valence-electron chi connectivity index (χ2n) is 1.83. The summed E-state index contributed by atoms with van der Waals surface area (Å²) < 4.78 is 4.76. The van der Waals surface area contributed by atoms with Crippen LogP contribution in [-0.4, -0.2) is 12.6 Å². The van der Waals surface area contributed by atoms with Gasteiger partial charge in [-0.2, -0.15) is 0 Å². The third-order valence-electron chi connectivity index (χ3n) is 0.838. The molecule has 1 radical (unpaired) electrons. The second-order valence-corrected chi connectivity index (χ2v) is 1.83. The van der Waals surface area contributed by atoms with Gasteiger partial charge in [0.1, 0.15) is 0 Å². The van der Waals surface area contributed by atoms with Crippen molar-refractivity contribution in [2.45, 2.75) is 26.7 Å². The fourth-order valence-electron chi connectivity index (χ4n) is 0.441. The number of rotatable bonds is 4. The van der Waals surface area contributed by atoms with Gasteiger partial charge in [-0.25, -0.2) is 0 Å². The van der Waals surface area contributed by atoms with E-state index in [2.05, 4.69) is 0 Å². The predicted molar refractivity (Wildman–Crippen MR) is 35.8 cm³/mol. The summed E-state index contributed by atoms with van der Waals surface area (Å²) in [5, 5.41) is 0. The van der Waals surface area contributed by atoms with Gasteiger partial charge in [0.25, 0.3) is 0 Å². The summed E-state index contributed by atoms with van der Waals surface area (Å²) >= 11 is 0. The first-order valence-electron chi connectivity index (χ1n) is 3.24. The highest BCUT2D eigenvalue weighted by Gasteiger charge is 1.97. The molecule has 0 saturated heterocycles. The second kappa shape index (κ2) is 5.60. The summed E-state index contributed by atoms with van der Waals surface area (Å²) in [7, 11) is 0. The van der Waals surface area contributed by atoms with Gasteiger partial charge >= 0.3 is 5.97 Å². The minimum absolute atomic E-state index is 0.126. The van der Waals surface area contributed by atoms with Crippen molar-refractivity contribution in [1.82, 2.24) is 0 Å². The van der Waals surface area contributed by atoms with Crippen LogP contribution in [0.5, 0.6) is 0 Å². The van der Waals surface area contributed by atoms with Crippen molar-refractivity contribution in [3.63, 3.8) is 0 Å². The SMILES string of the molecule is C[CH]CC(=O)OCCC. The fourth-order valence-corrected chi connectivity index (χ4v) is 0.441. The molecule has 0 N–H and O–H groups in total. The summed E-state index contributed by atoms with van der Waals surface area (Å²) in [5.74, 6) is -0.126. The Morgan fingerprint density at radius 1 is 1.67 bits per heavy atom. The monoisotopic (exact) mass is 129 g/mol. The van der Waals surface area contributed by atoms with Crippen LogP contribution in [0, 0.1) is 6.42 Å². The fraction of sp³-hybridized carbons (Fsp3) is 0.714. The first kappa shape index (κ1) is 8.47. The minimum Gasteiger partial charge on any atom is -0.466 e. The Hall–Kier alpha value is -0.530. The summed E-state index contributed by atoms with van der Waals surface area (Å²) in [6.45, 7) is 4.36. The minimum atomic E-state index is -0.126. The zero-order valence-corrected chi connectivity index (χ0v) is 6.02. The lowest BCUT2D eigenvalue weighted by Crippen LogP contribution is -2.03. The van der Waals surface area contributed by atoms with Gasteiger partial charge < -0.3 is 4.74 Å². The lowest BCUT2D eigenvalue weighted by atomic mass is 10.3. The van der Waals surface area contributed by atoms with Crippen LogP contribution in [0.25, 0.3) is 0 Å². The molecule has 0 bridgehead atoms. The third-order valence-corrected chi connectivity index (χ3v) is 0.838. The molecule has 0 fully saturated rings. The van der Waals surface area contributed by atoms with E-state index in [1.54, 1.807) is 6.42 Å². The number of carbonyl (C=O) groups excluding carboxylic acids is 1. The zero-order chi connectivity index (χ0) is 7.11. The van der Waals surface area contributed by atoms with Crippen LogP contribution in [0.2, 0.25) is 0 Å². The van der Waals surface area contributed by atoms with Crippen molar-refractivity contribution >= 4 is 5.97 Å². The van der Waals surface area contributed by atoms with Crippen molar-refractivity contribution in [2.75, 3.05) is 6.61 Å². The quantitative estimate of drug-likeness (QED) is 0.538. The molecular weight excluding hydrogens is 116 g/mol. The van der Waals surface area contributed by atoms with Gasteiger partial charge in [-0.3, -0.25) is 4.79 Å². The Morgan fingerprint density at radius 2 is 2.33 bits per heavy atom. The van der Waals surface area contributed by atoms with E-state index < -0.39 is 0 Å². The molecule has 0 spiro atoms. The molecule has 0 aromatic rings. The Kier molecular flexibility index (Phi) is 5.27. The number of hydrogen-bond acceptors (Lipinski definition) is 2. The Balaban J connectivity index is 3.06. The van der Waals surface area contributed by atoms with Crippen LogP contribution >= 0.6 is 0 Å². The molecule has 0 heterocycles. The van der Waals surface area contributed by atoms with E-state index in [-0.39, 0.29) is 5.97 Å². The van der Waals surface area contributed by atoms with Gasteiger partial charge in [0, 0.05) is 6.42 Å². The maximum atomic E-state index is 10.5. The van der Waals surface area contributed by atoms with Crippen LogP contribution in [0.1, 0.15) is 26.7 Å². The molecule has 0 saturated carbocycles. The number of hydrogen-bond donors (Lipinski definition) is 0. The number of ether oxygens (including phenoxy) is 1. The molecule has 9 heavy (non-hydrogen) atoms. The molecule has 2 heteroatoms. The van der Waals surface area contributed by atoms with Crippen LogP contribution in [-0.2, 0) is 9.53 Å². The molecule has 0 rings (SSSR count). The highest BCUT2D eigenvalue weighted by atomic mass is 16.5. The highest BCUT2D eigenvalue weighted by Crippen LogP contribution is 1.90. The van der Waals surface area contributed by atoms with E-state index in [1.165, 1.54) is 0 Å². The molecule has 0 aliphatic heterocycles. The van der Waals surface area contributed by atoms with Crippen LogP contribution in [0.15, 0.2) is 0 Å². The van der Waals surface area contributed by atoms with E-state index in [0.717, 1.165) is 6.42 Å². The van der Waals surface area contributed by atoms with Crippen molar-refractivity contribution in [3.05, 3.63) is 6.42 Å². The molecule has 0 aliphatic carbocycles.